The number of H-pyrrole nitrogens is 1. The topological polar surface area (TPSA) is 50.7 Å². The molecule has 1 N–H and O–H groups in total. The maximum Gasteiger partial charge on any atom is 0.269 e. The van der Waals surface area contributed by atoms with E-state index in [0.29, 0.717) is 15.6 Å². The van der Waals surface area contributed by atoms with Crippen LogP contribution in [0.1, 0.15) is 23.3 Å². The molecule has 1 aliphatic carbocycles. The third kappa shape index (κ3) is 2.14. The molecule has 0 atom stereocenters. The van der Waals surface area contributed by atoms with E-state index in [4.69, 9.17) is 23.8 Å². The van der Waals surface area contributed by atoms with Crippen molar-refractivity contribution in [2.45, 2.75) is 25.7 Å². The molecule has 0 saturated carbocycles. The van der Waals surface area contributed by atoms with E-state index in [1.807, 2.05) is 0 Å². The van der Waals surface area contributed by atoms with Crippen molar-refractivity contribution in [3.8, 4) is 5.82 Å². The second-order valence-electron chi connectivity index (χ2n) is 5.32. The van der Waals surface area contributed by atoms with Crippen molar-refractivity contribution in [2.24, 2.45) is 0 Å². The maximum atomic E-state index is 13.0. The lowest BCUT2D eigenvalue weighted by atomic mass is 9.97. The van der Waals surface area contributed by atoms with E-state index in [9.17, 15) is 4.79 Å². The predicted molar refractivity (Wildman–Crippen MR) is 92.1 cm³/mol. The number of nitrogens with one attached hydrogen (secondary N) is 1. The Bertz CT molecular complexity index is 985. The summed E-state index contributed by atoms with van der Waals surface area (Å²) in [4.78, 5) is 22.6. The number of aryl methyl sites for hydroxylation is 2. The molecule has 0 aromatic carbocycles. The van der Waals surface area contributed by atoms with Crippen molar-refractivity contribution >= 4 is 45.4 Å². The molecule has 7 heteroatoms. The number of thiophene rings is 1. The number of pyridine rings is 1. The number of hydrogen-bond donors (Lipinski definition) is 1. The quantitative estimate of drug-likeness (QED) is 0.674. The molecular weight excluding hydrogens is 338 g/mol. The lowest BCUT2D eigenvalue weighted by molar-refractivity contribution is 0.699. The fourth-order valence-corrected chi connectivity index (χ4v) is 4.68. The Labute approximate surface area is 140 Å². The molecule has 22 heavy (non-hydrogen) atoms. The van der Waals surface area contributed by atoms with Gasteiger partial charge < -0.3 is 4.98 Å². The van der Waals surface area contributed by atoms with Crippen LogP contribution < -0.4 is 5.56 Å². The van der Waals surface area contributed by atoms with Crippen molar-refractivity contribution in [1.82, 2.24) is 14.5 Å². The molecule has 0 bridgehead atoms. The van der Waals surface area contributed by atoms with Gasteiger partial charge >= 0.3 is 0 Å². The average Bonchev–Trinajstić information content (AvgIpc) is 2.87. The van der Waals surface area contributed by atoms with Gasteiger partial charge in [0, 0.05) is 11.1 Å². The standard InChI is InChI=1S/C15H12ClN3OS2/c16-8-5-6-11(17-7-8)19-14(20)12-9-3-1-2-4-10(9)22-13(12)18-15(19)21/h5-7H,1-4H2,(H,18,21). The van der Waals surface area contributed by atoms with Gasteiger partial charge in [0.25, 0.3) is 5.56 Å². The average molecular weight is 350 g/mol. The molecule has 3 aromatic rings. The van der Waals surface area contributed by atoms with E-state index in [2.05, 4.69) is 9.97 Å². The van der Waals surface area contributed by atoms with Crippen molar-refractivity contribution in [1.29, 1.82) is 0 Å². The van der Waals surface area contributed by atoms with Gasteiger partial charge in [-0.05, 0) is 55.6 Å². The summed E-state index contributed by atoms with van der Waals surface area (Å²) in [6, 6.07) is 3.41. The summed E-state index contributed by atoms with van der Waals surface area (Å²) in [5, 5.41) is 1.30. The van der Waals surface area contributed by atoms with Crippen LogP contribution in [0.15, 0.2) is 23.1 Å². The highest BCUT2D eigenvalue weighted by Gasteiger charge is 2.20. The monoisotopic (exact) mass is 349 g/mol. The smallest absolute Gasteiger partial charge is 0.269 e. The van der Waals surface area contributed by atoms with Gasteiger partial charge in [0.15, 0.2) is 4.77 Å². The zero-order valence-electron chi connectivity index (χ0n) is 11.6. The highest BCUT2D eigenvalue weighted by molar-refractivity contribution is 7.71. The summed E-state index contributed by atoms with van der Waals surface area (Å²) in [5.74, 6) is 0.494. The van der Waals surface area contributed by atoms with Gasteiger partial charge in [0.1, 0.15) is 10.6 Å². The molecule has 4 rings (SSSR count). The highest BCUT2D eigenvalue weighted by Crippen LogP contribution is 2.33. The van der Waals surface area contributed by atoms with Crippen LogP contribution in [-0.4, -0.2) is 14.5 Å². The molecule has 0 spiro atoms. The number of aromatic nitrogens is 3. The molecule has 4 nitrogen and oxygen atoms in total. The van der Waals surface area contributed by atoms with Crippen LogP contribution >= 0.6 is 35.2 Å². The molecule has 0 amide bonds. The molecule has 0 unspecified atom stereocenters. The Morgan fingerprint density at radius 1 is 1.32 bits per heavy atom. The van der Waals surface area contributed by atoms with E-state index in [0.717, 1.165) is 29.5 Å². The van der Waals surface area contributed by atoms with Crippen LogP contribution in [0, 0.1) is 4.77 Å². The number of aromatic amines is 1. The van der Waals surface area contributed by atoms with Gasteiger partial charge in [-0.25, -0.2) is 9.55 Å². The van der Waals surface area contributed by atoms with E-state index in [1.54, 1.807) is 23.5 Å². The fourth-order valence-electron chi connectivity index (χ4n) is 2.95. The maximum absolute atomic E-state index is 13.0. The van der Waals surface area contributed by atoms with Gasteiger partial charge in [-0.15, -0.1) is 11.3 Å². The normalized spacial score (nSPS) is 14.2. The Kier molecular flexibility index (Phi) is 3.40. The molecule has 3 aromatic heterocycles. The molecule has 112 valence electrons. The van der Waals surface area contributed by atoms with Gasteiger partial charge in [-0.2, -0.15) is 0 Å². The summed E-state index contributed by atoms with van der Waals surface area (Å²) in [6.07, 6.45) is 5.85. The molecule has 0 radical (unpaired) electrons. The summed E-state index contributed by atoms with van der Waals surface area (Å²) in [6.45, 7) is 0. The van der Waals surface area contributed by atoms with Crippen LogP contribution in [0.4, 0.5) is 0 Å². The molecular formula is C15H12ClN3OS2. The minimum atomic E-state index is -0.0898. The Balaban J connectivity index is 2.05. The first-order valence-electron chi connectivity index (χ1n) is 7.06. The summed E-state index contributed by atoms with van der Waals surface area (Å²) in [7, 11) is 0. The van der Waals surface area contributed by atoms with Crippen LogP contribution in [0.25, 0.3) is 16.0 Å². The minimum absolute atomic E-state index is 0.0898. The molecule has 1 aliphatic rings. The van der Waals surface area contributed by atoms with Crippen molar-refractivity contribution in [3.05, 3.63) is 48.9 Å². The number of fused-ring (bicyclic) bond motifs is 3. The van der Waals surface area contributed by atoms with E-state index in [1.165, 1.54) is 27.6 Å². The van der Waals surface area contributed by atoms with Crippen LogP contribution in [0.3, 0.4) is 0 Å². The minimum Gasteiger partial charge on any atom is -0.323 e. The lowest BCUT2D eigenvalue weighted by Crippen LogP contribution is -2.21. The van der Waals surface area contributed by atoms with Crippen molar-refractivity contribution < 1.29 is 0 Å². The zero-order valence-corrected chi connectivity index (χ0v) is 13.9. The summed E-state index contributed by atoms with van der Waals surface area (Å²) < 4.78 is 1.82. The number of halogens is 1. The predicted octanol–water partition coefficient (Wildman–Crippen LogP) is 4.04. The zero-order chi connectivity index (χ0) is 15.3. The SMILES string of the molecule is O=c1c2c3c(sc2[nH]c(=S)n1-c1ccc(Cl)cn1)CCCC3. The van der Waals surface area contributed by atoms with E-state index >= 15 is 0 Å². The number of hydrogen-bond acceptors (Lipinski definition) is 4. The number of rotatable bonds is 1. The van der Waals surface area contributed by atoms with Crippen LogP contribution in [-0.2, 0) is 12.8 Å². The molecule has 0 aliphatic heterocycles. The Morgan fingerprint density at radius 2 is 2.14 bits per heavy atom. The second kappa shape index (κ2) is 5.30. The first-order valence-corrected chi connectivity index (χ1v) is 8.67. The van der Waals surface area contributed by atoms with Gasteiger partial charge in [0.05, 0.1) is 10.4 Å². The Morgan fingerprint density at radius 3 is 2.91 bits per heavy atom. The van der Waals surface area contributed by atoms with Gasteiger partial charge in [-0.3, -0.25) is 4.79 Å². The molecule has 0 fully saturated rings. The first-order chi connectivity index (χ1) is 10.6. The number of nitrogens with zero attached hydrogens (tertiary/aromatic N) is 2. The first kappa shape index (κ1) is 14.1. The van der Waals surface area contributed by atoms with Crippen molar-refractivity contribution in [2.75, 3.05) is 0 Å². The lowest BCUT2D eigenvalue weighted by Gasteiger charge is -2.10. The van der Waals surface area contributed by atoms with Gasteiger partial charge in [0.2, 0.25) is 0 Å². The highest BCUT2D eigenvalue weighted by atomic mass is 35.5. The van der Waals surface area contributed by atoms with Crippen molar-refractivity contribution in [3.63, 3.8) is 0 Å². The van der Waals surface area contributed by atoms with Crippen LogP contribution in [0.5, 0.6) is 0 Å². The second-order valence-corrected chi connectivity index (χ2v) is 7.25. The third-order valence-electron chi connectivity index (χ3n) is 3.95. The molecule has 0 saturated heterocycles. The van der Waals surface area contributed by atoms with E-state index in [-0.39, 0.29) is 5.56 Å². The molecule has 3 heterocycles. The third-order valence-corrected chi connectivity index (χ3v) is 5.67. The largest absolute Gasteiger partial charge is 0.323 e. The summed E-state index contributed by atoms with van der Waals surface area (Å²) >= 11 is 12.9. The van der Waals surface area contributed by atoms with Crippen LogP contribution in [0.2, 0.25) is 5.02 Å². The van der Waals surface area contributed by atoms with Gasteiger partial charge in [-0.1, -0.05) is 11.6 Å². The Hall–Kier alpha value is -1.50. The summed E-state index contributed by atoms with van der Waals surface area (Å²) in [5.41, 5.74) is 1.10. The van der Waals surface area contributed by atoms with E-state index < -0.39 is 0 Å². The fraction of sp³-hybridized carbons (Fsp3) is 0.267.